The van der Waals surface area contributed by atoms with Gasteiger partial charge in [0.25, 0.3) is 0 Å². The lowest BCUT2D eigenvalue weighted by Gasteiger charge is -2.08. The second-order valence-corrected chi connectivity index (χ2v) is 17.8. The molecule has 68 heavy (non-hydrogen) atoms. The van der Waals surface area contributed by atoms with E-state index in [-0.39, 0.29) is 5.56 Å². The molecule has 14 heteroatoms. The third-order valence-corrected chi connectivity index (χ3v) is 12.8. The minimum atomic E-state index is -0.958. The minimum Gasteiger partial charge on any atom is -0.493 e. The number of nitrogens with zero attached hydrogens (tertiary/aromatic N) is 6. The molecule has 0 atom stereocenters. The fraction of sp³-hybridized carbons (Fsp3) is 0.167. The predicted molar refractivity (Wildman–Crippen MR) is 265 cm³/mol. The molecule has 6 heterocycles. The van der Waals surface area contributed by atoms with Crippen molar-refractivity contribution in [3.63, 3.8) is 0 Å². The SMILES string of the molecule is Cc1cn(-c2nccs2)cc1Cc1cccc(OCCc2nc(-c3ccccc3)oc2C)c1.Cc1oc(-c2ccccc2)nc1CCOc1cccc(Cc2cn(-c3nccs3)cc2C(=O)O)c1. The highest BCUT2D eigenvalue weighted by Crippen LogP contribution is 2.27. The molecular formula is C54H48N6O6S2. The van der Waals surface area contributed by atoms with E-state index < -0.39 is 5.97 Å². The molecule has 0 radical (unpaired) electrons. The van der Waals surface area contributed by atoms with Crippen molar-refractivity contribution < 1.29 is 28.2 Å². The molecule has 342 valence electrons. The van der Waals surface area contributed by atoms with Crippen molar-refractivity contribution >= 4 is 28.6 Å². The van der Waals surface area contributed by atoms with Crippen LogP contribution in [0.1, 0.15) is 61.1 Å². The Morgan fingerprint density at radius 1 is 0.603 bits per heavy atom. The Labute approximate surface area is 401 Å². The molecule has 0 amide bonds. The topological polar surface area (TPSA) is 143 Å². The van der Waals surface area contributed by atoms with Crippen LogP contribution in [0.3, 0.4) is 0 Å². The molecule has 0 aliphatic carbocycles. The van der Waals surface area contributed by atoms with E-state index in [4.69, 9.17) is 18.3 Å². The lowest BCUT2D eigenvalue weighted by Crippen LogP contribution is -2.03. The summed E-state index contributed by atoms with van der Waals surface area (Å²) in [6.45, 7) is 7.00. The highest BCUT2D eigenvalue weighted by molar-refractivity contribution is 7.12. The van der Waals surface area contributed by atoms with Gasteiger partial charge in [0.1, 0.15) is 23.0 Å². The van der Waals surface area contributed by atoms with E-state index in [0.29, 0.717) is 44.3 Å². The Kier molecular flexibility index (Phi) is 14.2. The molecule has 0 fully saturated rings. The zero-order valence-electron chi connectivity index (χ0n) is 37.7. The number of hydrogen-bond donors (Lipinski definition) is 1. The van der Waals surface area contributed by atoms with Crippen molar-refractivity contribution in [2.24, 2.45) is 0 Å². The molecule has 0 aliphatic rings. The normalized spacial score (nSPS) is 11.0. The maximum absolute atomic E-state index is 11.8. The van der Waals surface area contributed by atoms with Crippen LogP contribution in [0, 0.1) is 20.8 Å². The summed E-state index contributed by atoms with van der Waals surface area (Å²) in [4.78, 5) is 29.7. The molecule has 6 aromatic heterocycles. The molecule has 0 spiro atoms. The summed E-state index contributed by atoms with van der Waals surface area (Å²) in [5, 5.41) is 15.2. The average Bonchev–Trinajstić information content (AvgIpc) is 4.23. The lowest BCUT2D eigenvalue weighted by molar-refractivity contribution is 0.0696. The van der Waals surface area contributed by atoms with E-state index in [1.54, 1.807) is 28.3 Å². The maximum atomic E-state index is 11.8. The third kappa shape index (κ3) is 11.2. The van der Waals surface area contributed by atoms with Crippen LogP contribution in [0.2, 0.25) is 0 Å². The van der Waals surface area contributed by atoms with Crippen LogP contribution < -0.4 is 9.47 Å². The van der Waals surface area contributed by atoms with Crippen molar-refractivity contribution in [2.75, 3.05) is 13.2 Å². The van der Waals surface area contributed by atoms with Gasteiger partial charge in [-0.15, -0.1) is 22.7 Å². The number of rotatable bonds is 17. The van der Waals surface area contributed by atoms with E-state index in [1.165, 1.54) is 28.0 Å². The molecule has 0 saturated heterocycles. The molecule has 10 aromatic rings. The van der Waals surface area contributed by atoms with Gasteiger partial charge < -0.3 is 23.4 Å². The quantitative estimate of drug-likeness (QED) is 0.0937. The first kappa shape index (κ1) is 45.4. The summed E-state index contributed by atoms with van der Waals surface area (Å²) < 4.78 is 27.6. The molecule has 0 bridgehead atoms. The van der Waals surface area contributed by atoms with Crippen molar-refractivity contribution in [3.8, 4) is 44.7 Å². The van der Waals surface area contributed by atoms with Gasteiger partial charge in [-0.2, -0.15) is 0 Å². The van der Waals surface area contributed by atoms with Crippen LogP contribution in [0.15, 0.2) is 166 Å². The number of carbonyl (C=O) groups is 1. The first-order valence-electron chi connectivity index (χ1n) is 22.1. The zero-order valence-corrected chi connectivity index (χ0v) is 39.4. The van der Waals surface area contributed by atoms with Crippen LogP contribution in [-0.4, -0.2) is 53.4 Å². The third-order valence-electron chi connectivity index (χ3n) is 11.2. The van der Waals surface area contributed by atoms with Crippen molar-refractivity contribution in [3.05, 3.63) is 213 Å². The van der Waals surface area contributed by atoms with E-state index in [0.717, 1.165) is 73.3 Å². The van der Waals surface area contributed by atoms with Gasteiger partial charge in [0, 0.05) is 71.9 Å². The Bertz CT molecular complexity index is 3210. The molecule has 1 N–H and O–H groups in total. The Morgan fingerprint density at radius 3 is 1.57 bits per heavy atom. The number of carboxylic acids is 1. The van der Waals surface area contributed by atoms with E-state index in [2.05, 4.69) is 56.0 Å². The van der Waals surface area contributed by atoms with E-state index >= 15 is 0 Å². The number of carboxylic acid groups (broad SMARTS) is 1. The van der Waals surface area contributed by atoms with Crippen LogP contribution >= 0.6 is 22.7 Å². The number of oxazole rings is 2. The fourth-order valence-electron chi connectivity index (χ4n) is 7.71. The molecular weight excluding hydrogens is 893 g/mol. The standard InChI is InChI=1S/C27H23N3O4S.C27H25N3O2S/c1-18-24(29-25(34-18)20-7-3-2-4-8-20)10-12-33-22-9-5-6-19(15-22)14-21-16-30(17-23(21)26(31)32)27-28-11-13-35-27;1-19-17-30(27-28-12-14-33-27)18-23(19)15-21-7-6-10-24(16-21)31-13-11-25-20(2)32-26(29-25)22-8-4-3-5-9-22/h2-9,11,13,15-17H,10,12,14H2,1H3,(H,31,32);3-10,12,14,16-18H,11,13,15H2,1-2H3. The van der Waals surface area contributed by atoms with Gasteiger partial charge in [-0.05, 0) is 110 Å². The smallest absolute Gasteiger partial charge is 0.337 e. The Balaban J connectivity index is 0.000000170. The molecule has 10 rings (SSSR count). The molecule has 0 unspecified atom stereocenters. The number of ether oxygens (including phenoxy) is 2. The number of benzene rings is 4. The average molecular weight is 941 g/mol. The number of thiazole rings is 2. The number of aromatic carboxylic acids is 1. The largest absolute Gasteiger partial charge is 0.493 e. The summed E-state index contributed by atoms with van der Waals surface area (Å²) in [6.07, 6.45) is 13.9. The number of aryl methyl sites for hydroxylation is 3. The molecule has 12 nitrogen and oxygen atoms in total. The summed E-state index contributed by atoms with van der Waals surface area (Å²) in [5.41, 5.74) is 9.44. The van der Waals surface area contributed by atoms with Crippen molar-refractivity contribution in [1.82, 2.24) is 29.1 Å². The van der Waals surface area contributed by atoms with Gasteiger partial charge >= 0.3 is 5.97 Å². The fourth-order valence-corrected chi connectivity index (χ4v) is 8.90. The summed E-state index contributed by atoms with van der Waals surface area (Å²) >= 11 is 3.09. The van der Waals surface area contributed by atoms with Gasteiger partial charge in [0.05, 0.1) is 30.2 Å². The maximum Gasteiger partial charge on any atom is 0.337 e. The van der Waals surface area contributed by atoms with Gasteiger partial charge in [-0.1, -0.05) is 60.7 Å². The monoisotopic (exact) mass is 940 g/mol. The van der Waals surface area contributed by atoms with Gasteiger partial charge in [0.2, 0.25) is 11.8 Å². The molecule has 4 aromatic carbocycles. The van der Waals surface area contributed by atoms with Gasteiger partial charge in [0.15, 0.2) is 10.3 Å². The Hall–Kier alpha value is -7.81. The summed E-state index contributed by atoms with van der Waals surface area (Å²) in [6, 6.07) is 35.8. The van der Waals surface area contributed by atoms with Crippen LogP contribution in [0.4, 0.5) is 0 Å². The predicted octanol–water partition coefficient (Wildman–Crippen LogP) is 12.2. The molecule has 0 saturated carbocycles. The number of aromatic nitrogens is 6. The zero-order chi connectivity index (χ0) is 46.8. The van der Waals surface area contributed by atoms with Crippen LogP contribution in [0.25, 0.3) is 33.2 Å². The summed E-state index contributed by atoms with van der Waals surface area (Å²) in [5.74, 6) is 3.53. The minimum absolute atomic E-state index is 0.266. The van der Waals surface area contributed by atoms with Crippen LogP contribution in [-0.2, 0) is 25.7 Å². The second kappa shape index (κ2) is 21.2. The second-order valence-electron chi connectivity index (χ2n) is 16.0. The first-order chi connectivity index (χ1) is 33.2. The first-order valence-corrected chi connectivity index (χ1v) is 23.9. The number of hydrogen-bond acceptors (Lipinski definition) is 11. The lowest BCUT2D eigenvalue weighted by atomic mass is 10.0. The van der Waals surface area contributed by atoms with Crippen LogP contribution in [0.5, 0.6) is 11.5 Å². The van der Waals surface area contributed by atoms with Gasteiger partial charge in [-0.3, -0.25) is 9.13 Å². The van der Waals surface area contributed by atoms with Crippen molar-refractivity contribution in [1.29, 1.82) is 0 Å². The Morgan fingerprint density at radius 2 is 1.09 bits per heavy atom. The van der Waals surface area contributed by atoms with Crippen molar-refractivity contribution in [2.45, 2.75) is 46.5 Å². The highest BCUT2D eigenvalue weighted by atomic mass is 32.1. The molecule has 0 aliphatic heterocycles. The van der Waals surface area contributed by atoms with E-state index in [1.807, 2.05) is 134 Å². The van der Waals surface area contributed by atoms with E-state index in [9.17, 15) is 9.90 Å². The van der Waals surface area contributed by atoms with Gasteiger partial charge in [-0.25, -0.2) is 24.7 Å². The summed E-state index contributed by atoms with van der Waals surface area (Å²) in [7, 11) is 0. The highest BCUT2D eigenvalue weighted by Gasteiger charge is 2.17.